The van der Waals surface area contributed by atoms with Gasteiger partial charge in [0, 0.05) is 12.8 Å². The molecule has 0 aliphatic heterocycles. The van der Waals surface area contributed by atoms with E-state index in [2.05, 4.69) is 12.7 Å². The van der Waals surface area contributed by atoms with Gasteiger partial charge in [0.15, 0.2) is 0 Å². The summed E-state index contributed by atoms with van der Waals surface area (Å²) in [4.78, 5) is 11.3. The van der Waals surface area contributed by atoms with Crippen molar-refractivity contribution >= 4 is 5.97 Å². The van der Waals surface area contributed by atoms with Gasteiger partial charge in [0.2, 0.25) is 0 Å². The molecule has 0 amide bonds. The Hall–Kier alpha value is -1.13. The standard InChI is InChI=1S/C17H26O4/c1-8(2)14-12-6-10(4)17(21-11(5)18)16(20)15(12)9(3)7-13(14)19/h6,9,12-17,19-20H,1,7H2,2-5H3. The molecule has 2 N–H and O–H groups in total. The molecule has 0 aromatic rings. The van der Waals surface area contributed by atoms with Gasteiger partial charge in [-0.15, -0.1) is 0 Å². The van der Waals surface area contributed by atoms with E-state index in [1.807, 2.05) is 20.8 Å². The van der Waals surface area contributed by atoms with E-state index in [9.17, 15) is 15.0 Å². The number of aliphatic hydroxyl groups is 2. The van der Waals surface area contributed by atoms with E-state index in [1.165, 1.54) is 6.92 Å². The molecule has 0 radical (unpaired) electrons. The molecule has 0 bridgehead atoms. The number of allylic oxidation sites excluding steroid dienone is 1. The van der Waals surface area contributed by atoms with Gasteiger partial charge in [-0.2, -0.15) is 0 Å². The van der Waals surface area contributed by atoms with Crippen molar-refractivity contribution in [2.45, 2.75) is 52.4 Å². The molecule has 0 spiro atoms. The number of carbonyl (C=O) groups excluding carboxylic acids is 1. The predicted octanol–water partition coefficient (Wildman–Crippen LogP) is 2.06. The van der Waals surface area contributed by atoms with Crippen molar-refractivity contribution in [1.82, 2.24) is 0 Å². The van der Waals surface area contributed by atoms with Crippen LogP contribution in [0.3, 0.4) is 0 Å². The number of esters is 1. The van der Waals surface area contributed by atoms with E-state index >= 15 is 0 Å². The third-order valence-corrected chi connectivity index (χ3v) is 5.01. The van der Waals surface area contributed by atoms with Crippen molar-refractivity contribution in [2.24, 2.45) is 23.7 Å². The summed E-state index contributed by atoms with van der Waals surface area (Å²) in [5.74, 6) is -0.247. The largest absolute Gasteiger partial charge is 0.455 e. The summed E-state index contributed by atoms with van der Waals surface area (Å²) in [5, 5.41) is 21.1. The summed E-state index contributed by atoms with van der Waals surface area (Å²) in [7, 11) is 0. The van der Waals surface area contributed by atoms with Crippen molar-refractivity contribution in [1.29, 1.82) is 0 Å². The lowest BCUT2D eigenvalue weighted by molar-refractivity contribution is -0.157. The number of rotatable bonds is 2. The Morgan fingerprint density at radius 2 is 2.00 bits per heavy atom. The first-order valence-corrected chi connectivity index (χ1v) is 7.61. The Morgan fingerprint density at radius 1 is 1.38 bits per heavy atom. The maximum Gasteiger partial charge on any atom is 0.303 e. The second-order valence-corrected chi connectivity index (χ2v) is 6.74. The van der Waals surface area contributed by atoms with Gasteiger partial charge < -0.3 is 14.9 Å². The number of ether oxygens (including phenoxy) is 1. The van der Waals surface area contributed by atoms with Crippen molar-refractivity contribution in [3.05, 3.63) is 23.8 Å². The first-order valence-electron chi connectivity index (χ1n) is 7.61. The highest BCUT2D eigenvalue weighted by molar-refractivity contribution is 5.66. The third kappa shape index (κ3) is 2.92. The van der Waals surface area contributed by atoms with Gasteiger partial charge in [-0.25, -0.2) is 0 Å². The highest BCUT2D eigenvalue weighted by Crippen LogP contribution is 2.48. The molecule has 2 aliphatic rings. The Kier molecular flexibility index (Phi) is 4.59. The van der Waals surface area contributed by atoms with Gasteiger partial charge >= 0.3 is 5.97 Å². The fourth-order valence-electron chi connectivity index (χ4n) is 4.21. The number of hydrogen-bond acceptors (Lipinski definition) is 4. The fourth-order valence-corrected chi connectivity index (χ4v) is 4.21. The van der Waals surface area contributed by atoms with Crippen molar-refractivity contribution in [2.75, 3.05) is 0 Å². The molecule has 1 fully saturated rings. The monoisotopic (exact) mass is 294 g/mol. The van der Waals surface area contributed by atoms with Gasteiger partial charge in [0.1, 0.15) is 6.10 Å². The fraction of sp³-hybridized carbons (Fsp3) is 0.706. The molecule has 7 unspecified atom stereocenters. The van der Waals surface area contributed by atoms with Gasteiger partial charge in [0.25, 0.3) is 0 Å². The SMILES string of the molecule is C=C(C)C1C(O)CC(C)C2C(O)C(OC(C)=O)C(C)=CC12. The molecular formula is C17H26O4. The van der Waals surface area contributed by atoms with E-state index in [0.717, 1.165) is 11.1 Å². The minimum atomic E-state index is -0.728. The van der Waals surface area contributed by atoms with E-state index in [-0.39, 0.29) is 29.6 Å². The molecule has 118 valence electrons. The number of carbonyl (C=O) groups is 1. The molecule has 1 saturated carbocycles. The van der Waals surface area contributed by atoms with Crippen LogP contribution < -0.4 is 0 Å². The molecule has 0 aromatic heterocycles. The molecule has 4 nitrogen and oxygen atoms in total. The van der Waals surface area contributed by atoms with E-state index in [0.29, 0.717) is 6.42 Å². The molecule has 7 atom stereocenters. The van der Waals surface area contributed by atoms with Crippen LogP contribution in [0.2, 0.25) is 0 Å². The van der Waals surface area contributed by atoms with Gasteiger partial charge in [-0.3, -0.25) is 4.79 Å². The van der Waals surface area contributed by atoms with Crippen LogP contribution in [0.25, 0.3) is 0 Å². The first-order chi connectivity index (χ1) is 9.73. The smallest absolute Gasteiger partial charge is 0.303 e. The highest BCUT2D eigenvalue weighted by atomic mass is 16.6. The Bertz CT molecular complexity index is 467. The van der Waals surface area contributed by atoms with Crippen molar-refractivity contribution < 1.29 is 19.7 Å². The van der Waals surface area contributed by atoms with Crippen LogP contribution in [0.5, 0.6) is 0 Å². The minimum Gasteiger partial charge on any atom is -0.455 e. The summed E-state index contributed by atoms with van der Waals surface area (Å²) in [6.07, 6.45) is 0.958. The predicted molar refractivity (Wildman–Crippen MR) is 80.4 cm³/mol. The topological polar surface area (TPSA) is 66.8 Å². The molecule has 0 aromatic carbocycles. The van der Waals surface area contributed by atoms with Crippen molar-refractivity contribution in [3.63, 3.8) is 0 Å². The van der Waals surface area contributed by atoms with E-state index in [1.54, 1.807) is 0 Å². The van der Waals surface area contributed by atoms with Gasteiger partial charge in [-0.05, 0) is 43.6 Å². The zero-order valence-electron chi connectivity index (χ0n) is 13.2. The average Bonchev–Trinajstić information content (AvgIpc) is 2.32. The lowest BCUT2D eigenvalue weighted by Gasteiger charge is -2.50. The summed E-state index contributed by atoms with van der Waals surface area (Å²) in [6, 6.07) is 0. The number of aliphatic hydroxyl groups excluding tert-OH is 2. The Labute approximate surface area is 126 Å². The lowest BCUT2D eigenvalue weighted by Crippen LogP contribution is -2.53. The van der Waals surface area contributed by atoms with E-state index < -0.39 is 18.3 Å². The molecule has 4 heteroatoms. The van der Waals surface area contributed by atoms with Crippen LogP contribution >= 0.6 is 0 Å². The normalized spacial score (nSPS) is 42.8. The third-order valence-electron chi connectivity index (χ3n) is 5.01. The molecule has 0 saturated heterocycles. The molecule has 21 heavy (non-hydrogen) atoms. The maximum atomic E-state index is 11.3. The molecular weight excluding hydrogens is 268 g/mol. The van der Waals surface area contributed by atoms with Crippen LogP contribution in [0.15, 0.2) is 23.8 Å². The lowest BCUT2D eigenvalue weighted by atomic mass is 9.59. The Balaban J connectivity index is 2.39. The summed E-state index contributed by atoms with van der Waals surface area (Å²) in [6.45, 7) is 11.2. The van der Waals surface area contributed by atoms with Crippen LogP contribution in [0, 0.1) is 23.7 Å². The average molecular weight is 294 g/mol. The number of fused-ring (bicyclic) bond motifs is 1. The van der Waals surface area contributed by atoms with Gasteiger partial charge in [0.05, 0.1) is 12.2 Å². The van der Waals surface area contributed by atoms with Crippen molar-refractivity contribution in [3.8, 4) is 0 Å². The summed E-state index contributed by atoms with van der Waals surface area (Å²) < 4.78 is 5.29. The van der Waals surface area contributed by atoms with Crippen LogP contribution in [0.1, 0.15) is 34.1 Å². The van der Waals surface area contributed by atoms with Crippen LogP contribution in [0.4, 0.5) is 0 Å². The minimum absolute atomic E-state index is 0.0249. The second-order valence-electron chi connectivity index (χ2n) is 6.74. The quantitative estimate of drug-likeness (QED) is 0.604. The number of hydrogen-bond donors (Lipinski definition) is 2. The van der Waals surface area contributed by atoms with Crippen LogP contribution in [-0.4, -0.2) is 34.5 Å². The molecule has 0 heterocycles. The van der Waals surface area contributed by atoms with Crippen LogP contribution in [-0.2, 0) is 9.53 Å². The van der Waals surface area contributed by atoms with E-state index in [4.69, 9.17) is 4.74 Å². The maximum absolute atomic E-state index is 11.3. The summed E-state index contributed by atoms with van der Waals surface area (Å²) in [5.41, 5.74) is 1.79. The molecule has 2 rings (SSSR count). The Morgan fingerprint density at radius 3 is 2.52 bits per heavy atom. The van der Waals surface area contributed by atoms with Gasteiger partial charge in [-0.1, -0.05) is 25.2 Å². The summed E-state index contributed by atoms with van der Waals surface area (Å²) >= 11 is 0. The zero-order chi connectivity index (χ0) is 15.9. The second kappa shape index (κ2) is 5.93. The first kappa shape index (κ1) is 16.2. The zero-order valence-corrected chi connectivity index (χ0v) is 13.2. The highest BCUT2D eigenvalue weighted by Gasteiger charge is 2.50. The molecule has 2 aliphatic carbocycles.